The van der Waals surface area contributed by atoms with Gasteiger partial charge in [-0.2, -0.15) is 4.31 Å². The van der Waals surface area contributed by atoms with Gasteiger partial charge in [-0.3, -0.25) is 0 Å². The summed E-state index contributed by atoms with van der Waals surface area (Å²) >= 11 is 0. The molecule has 2 aromatic rings. The lowest BCUT2D eigenvalue weighted by atomic mass is 10.2. The molecule has 0 radical (unpaired) electrons. The van der Waals surface area contributed by atoms with E-state index in [0.717, 1.165) is 10.4 Å². The normalized spacial score (nSPS) is 14.8. The second-order valence-electron chi connectivity index (χ2n) is 5.80. The summed E-state index contributed by atoms with van der Waals surface area (Å²) < 4.78 is 72.3. The second kappa shape index (κ2) is 6.68. The van der Waals surface area contributed by atoms with Crippen LogP contribution < -0.4 is 4.74 Å². The van der Waals surface area contributed by atoms with Gasteiger partial charge in [-0.1, -0.05) is 12.1 Å². The SMILES string of the molecule is COc1ccc(CN(C2CC2)S(=O)(=O)c2ccc(F)c(F)c2F)cc1. The van der Waals surface area contributed by atoms with Crippen molar-refractivity contribution in [1.29, 1.82) is 0 Å². The van der Waals surface area contributed by atoms with Crippen molar-refractivity contribution in [2.24, 2.45) is 0 Å². The van der Waals surface area contributed by atoms with Crippen molar-refractivity contribution in [1.82, 2.24) is 4.31 Å². The summed E-state index contributed by atoms with van der Waals surface area (Å²) in [6, 6.07) is 7.86. The third-order valence-electron chi connectivity index (χ3n) is 4.04. The molecule has 3 rings (SSSR count). The van der Waals surface area contributed by atoms with E-state index in [-0.39, 0.29) is 12.6 Å². The van der Waals surface area contributed by atoms with Crippen molar-refractivity contribution in [3.8, 4) is 5.75 Å². The Morgan fingerprint density at radius 2 is 1.68 bits per heavy atom. The number of halogens is 3. The molecule has 0 heterocycles. The highest BCUT2D eigenvalue weighted by molar-refractivity contribution is 7.89. The van der Waals surface area contributed by atoms with Crippen LogP contribution in [0.3, 0.4) is 0 Å². The van der Waals surface area contributed by atoms with Gasteiger partial charge in [0, 0.05) is 12.6 Å². The fourth-order valence-corrected chi connectivity index (χ4v) is 4.25. The van der Waals surface area contributed by atoms with Gasteiger partial charge in [0.15, 0.2) is 17.5 Å². The highest BCUT2D eigenvalue weighted by Gasteiger charge is 2.40. The Morgan fingerprint density at radius 3 is 2.24 bits per heavy atom. The number of hydrogen-bond acceptors (Lipinski definition) is 3. The van der Waals surface area contributed by atoms with Gasteiger partial charge in [0.05, 0.1) is 7.11 Å². The van der Waals surface area contributed by atoms with Crippen molar-refractivity contribution < 1.29 is 26.3 Å². The highest BCUT2D eigenvalue weighted by Crippen LogP contribution is 2.35. The van der Waals surface area contributed by atoms with Crippen molar-refractivity contribution in [3.63, 3.8) is 0 Å². The maximum absolute atomic E-state index is 14.0. The molecule has 0 bridgehead atoms. The Morgan fingerprint density at radius 1 is 1.04 bits per heavy atom. The lowest BCUT2D eigenvalue weighted by Gasteiger charge is -2.22. The number of hydrogen-bond donors (Lipinski definition) is 0. The quantitative estimate of drug-likeness (QED) is 0.731. The van der Waals surface area contributed by atoms with Crippen molar-refractivity contribution >= 4 is 10.0 Å². The van der Waals surface area contributed by atoms with Gasteiger partial charge in [0.1, 0.15) is 10.6 Å². The van der Waals surface area contributed by atoms with Gasteiger partial charge in [-0.15, -0.1) is 0 Å². The summed E-state index contributed by atoms with van der Waals surface area (Å²) in [5, 5.41) is 0. The smallest absolute Gasteiger partial charge is 0.246 e. The van der Waals surface area contributed by atoms with Crippen LogP contribution in [0.2, 0.25) is 0 Å². The Bertz CT molecular complexity index is 881. The molecule has 0 unspecified atom stereocenters. The zero-order valence-corrected chi connectivity index (χ0v) is 14.2. The molecule has 0 aromatic heterocycles. The van der Waals surface area contributed by atoms with Gasteiger partial charge in [-0.25, -0.2) is 21.6 Å². The standard InChI is InChI=1S/C17H16F3NO3S/c1-24-13-6-2-11(3-7-13)10-21(12-4-5-12)25(22,23)15-9-8-14(18)16(19)17(15)20/h2-3,6-9,12H,4-5,10H2,1H3. The number of methoxy groups -OCH3 is 1. The zero-order valence-electron chi connectivity index (χ0n) is 13.4. The fourth-order valence-electron chi connectivity index (χ4n) is 2.52. The Kier molecular flexibility index (Phi) is 4.75. The third-order valence-corrected chi connectivity index (χ3v) is 5.95. The van der Waals surface area contributed by atoms with E-state index >= 15 is 0 Å². The van der Waals surface area contributed by atoms with Crippen molar-refractivity contribution in [3.05, 3.63) is 59.4 Å². The Hall–Kier alpha value is -2.06. The summed E-state index contributed by atoms with van der Waals surface area (Å²) in [5.74, 6) is -4.29. The minimum Gasteiger partial charge on any atom is -0.497 e. The molecule has 1 aliphatic rings. The predicted molar refractivity (Wildman–Crippen MR) is 85.1 cm³/mol. The molecule has 134 valence electrons. The van der Waals surface area contributed by atoms with E-state index in [1.807, 2.05) is 0 Å². The molecule has 1 saturated carbocycles. The molecule has 4 nitrogen and oxygen atoms in total. The van der Waals surface area contributed by atoms with Crippen LogP contribution in [0.4, 0.5) is 13.2 Å². The zero-order chi connectivity index (χ0) is 18.2. The lowest BCUT2D eigenvalue weighted by molar-refractivity contribution is 0.387. The molecule has 0 N–H and O–H groups in total. The van der Waals surface area contributed by atoms with Gasteiger partial charge in [-0.05, 0) is 42.7 Å². The molecule has 0 saturated heterocycles. The van der Waals surface area contributed by atoms with E-state index in [1.54, 1.807) is 24.3 Å². The Balaban J connectivity index is 1.95. The minimum absolute atomic E-state index is 0.00935. The van der Waals surface area contributed by atoms with Crippen molar-refractivity contribution in [2.75, 3.05) is 7.11 Å². The average Bonchev–Trinajstić information content (AvgIpc) is 3.42. The molecule has 0 atom stereocenters. The summed E-state index contributed by atoms with van der Waals surface area (Å²) in [7, 11) is -2.79. The summed E-state index contributed by atoms with van der Waals surface area (Å²) in [4.78, 5) is -0.855. The minimum atomic E-state index is -4.30. The van der Waals surface area contributed by atoms with Gasteiger partial charge in [0.25, 0.3) is 0 Å². The molecule has 0 amide bonds. The number of benzene rings is 2. The highest BCUT2D eigenvalue weighted by atomic mass is 32.2. The molecule has 2 aromatic carbocycles. The van der Waals surface area contributed by atoms with E-state index < -0.39 is 32.4 Å². The van der Waals surface area contributed by atoms with Gasteiger partial charge in [0.2, 0.25) is 10.0 Å². The maximum atomic E-state index is 14.0. The van der Waals surface area contributed by atoms with Crippen LogP contribution >= 0.6 is 0 Å². The van der Waals surface area contributed by atoms with Crippen LogP contribution in [-0.2, 0) is 16.6 Å². The largest absolute Gasteiger partial charge is 0.497 e. The van der Waals surface area contributed by atoms with Crippen LogP contribution in [0, 0.1) is 17.5 Å². The van der Waals surface area contributed by atoms with E-state index in [2.05, 4.69) is 0 Å². The van der Waals surface area contributed by atoms with Crippen LogP contribution in [0.15, 0.2) is 41.3 Å². The van der Waals surface area contributed by atoms with E-state index in [9.17, 15) is 21.6 Å². The van der Waals surface area contributed by atoms with Crippen LogP contribution in [0.1, 0.15) is 18.4 Å². The molecule has 0 aliphatic heterocycles. The Labute approximate surface area is 143 Å². The molecule has 1 aliphatic carbocycles. The summed E-state index contributed by atoms with van der Waals surface area (Å²) in [6.45, 7) is 0.00935. The van der Waals surface area contributed by atoms with Gasteiger partial charge < -0.3 is 4.74 Å². The molecular weight excluding hydrogens is 355 g/mol. The second-order valence-corrected chi connectivity index (χ2v) is 7.66. The maximum Gasteiger partial charge on any atom is 0.246 e. The molecule has 8 heteroatoms. The number of sulfonamides is 1. The van der Waals surface area contributed by atoms with Crippen LogP contribution in [-0.4, -0.2) is 25.9 Å². The molecule has 1 fully saturated rings. The van der Waals surface area contributed by atoms with Crippen LogP contribution in [0.25, 0.3) is 0 Å². The number of nitrogens with zero attached hydrogens (tertiary/aromatic N) is 1. The van der Waals surface area contributed by atoms with Crippen molar-refractivity contribution in [2.45, 2.75) is 30.3 Å². The number of rotatable bonds is 6. The van der Waals surface area contributed by atoms with Crippen LogP contribution in [0.5, 0.6) is 5.75 Å². The first-order valence-corrected chi connectivity index (χ1v) is 9.07. The lowest BCUT2D eigenvalue weighted by Crippen LogP contribution is -2.33. The molecular formula is C17H16F3NO3S. The molecule has 25 heavy (non-hydrogen) atoms. The predicted octanol–water partition coefficient (Wildman–Crippen LogP) is 3.47. The number of ether oxygens (including phenoxy) is 1. The average molecular weight is 371 g/mol. The first-order chi connectivity index (χ1) is 11.8. The monoisotopic (exact) mass is 371 g/mol. The third kappa shape index (κ3) is 3.50. The summed E-state index contributed by atoms with van der Waals surface area (Å²) in [6.07, 6.45) is 1.28. The summed E-state index contributed by atoms with van der Waals surface area (Å²) in [5.41, 5.74) is 0.680. The van der Waals surface area contributed by atoms with E-state index in [1.165, 1.54) is 7.11 Å². The fraction of sp³-hybridized carbons (Fsp3) is 0.294. The van der Waals surface area contributed by atoms with E-state index in [0.29, 0.717) is 30.2 Å². The first-order valence-electron chi connectivity index (χ1n) is 7.63. The van der Waals surface area contributed by atoms with E-state index in [4.69, 9.17) is 4.74 Å². The first kappa shape index (κ1) is 17.8. The van der Waals surface area contributed by atoms with Gasteiger partial charge >= 0.3 is 0 Å². The topological polar surface area (TPSA) is 46.6 Å². The molecule has 0 spiro atoms.